The summed E-state index contributed by atoms with van der Waals surface area (Å²) in [4.78, 5) is 45.2. The van der Waals surface area contributed by atoms with Crippen LogP contribution < -0.4 is 4.90 Å². The fourth-order valence-electron chi connectivity index (χ4n) is 5.68. The molecule has 3 amide bonds. The Morgan fingerprint density at radius 1 is 0.853 bits per heavy atom. The molecule has 1 saturated carbocycles. The number of amides is 3. The smallest absolute Gasteiger partial charge is 0.263 e. The number of nitrogens with zero attached hydrogens (tertiary/aromatic N) is 3. The zero-order valence-corrected chi connectivity index (χ0v) is 20.0. The second-order valence-corrected chi connectivity index (χ2v) is 9.80. The second-order valence-electron chi connectivity index (χ2n) is 9.80. The summed E-state index contributed by atoms with van der Waals surface area (Å²) in [6, 6.07) is 13.6. The van der Waals surface area contributed by atoms with Gasteiger partial charge >= 0.3 is 0 Å². The van der Waals surface area contributed by atoms with E-state index in [9.17, 15) is 14.4 Å². The van der Waals surface area contributed by atoms with Crippen molar-refractivity contribution in [2.24, 2.45) is 0 Å². The number of rotatable bonds is 4. The predicted molar refractivity (Wildman–Crippen MR) is 132 cm³/mol. The van der Waals surface area contributed by atoms with Crippen molar-refractivity contribution >= 4 is 23.4 Å². The average molecular weight is 460 g/mol. The van der Waals surface area contributed by atoms with E-state index in [2.05, 4.69) is 4.90 Å². The topological polar surface area (TPSA) is 60.9 Å². The summed E-state index contributed by atoms with van der Waals surface area (Å²) in [6.07, 6.45) is 6.73. The fourth-order valence-corrected chi connectivity index (χ4v) is 5.68. The number of benzene rings is 2. The number of imide groups is 1. The Bertz CT molecular complexity index is 1100. The summed E-state index contributed by atoms with van der Waals surface area (Å²) >= 11 is 0. The van der Waals surface area contributed by atoms with Crippen LogP contribution in [0.15, 0.2) is 42.5 Å². The van der Waals surface area contributed by atoms with Gasteiger partial charge in [-0.1, -0.05) is 56.0 Å². The summed E-state index contributed by atoms with van der Waals surface area (Å²) in [5.74, 6) is -0.139. The van der Waals surface area contributed by atoms with Gasteiger partial charge in [-0.2, -0.15) is 0 Å². The van der Waals surface area contributed by atoms with Gasteiger partial charge < -0.3 is 9.80 Å². The van der Waals surface area contributed by atoms with E-state index in [1.165, 1.54) is 12.8 Å². The average Bonchev–Trinajstić information content (AvgIpc) is 3.02. The number of fused-ring (bicyclic) bond motifs is 1. The van der Waals surface area contributed by atoms with Gasteiger partial charge in [0.05, 0.1) is 23.2 Å². The Morgan fingerprint density at radius 2 is 1.56 bits per heavy atom. The van der Waals surface area contributed by atoms with Gasteiger partial charge in [-0.05, 0) is 43.0 Å². The quantitative estimate of drug-likeness (QED) is 0.508. The van der Waals surface area contributed by atoms with Crippen LogP contribution >= 0.6 is 0 Å². The van der Waals surface area contributed by atoms with Crippen molar-refractivity contribution in [2.45, 2.75) is 57.9 Å². The number of carbonyl (C=O) groups is 3. The van der Waals surface area contributed by atoms with E-state index in [0.717, 1.165) is 42.5 Å². The van der Waals surface area contributed by atoms with Crippen molar-refractivity contribution < 1.29 is 14.4 Å². The molecule has 0 bridgehead atoms. The van der Waals surface area contributed by atoms with Crippen molar-refractivity contribution in [3.8, 4) is 0 Å². The second kappa shape index (κ2) is 9.61. The van der Waals surface area contributed by atoms with Gasteiger partial charge in [-0.25, -0.2) is 0 Å². The van der Waals surface area contributed by atoms with Crippen molar-refractivity contribution in [1.82, 2.24) is 9.80 Å². The van der Waals surface area contributed by atoms with Gasteiger partial charge in [0.1, 0.15) is 0 Å². The van der Waals surface area contributed by atoms with E-state index in [4.69, 9.17) is 0 Å². The first-order valence-corrected chi connectivity index (χ1v) is 12.6. The molecule has 6 heteroatoms. The molecule has 178 valence electrons. The zero-order chi connectivity index (χ0) is 23.7. The third-order valence-corrected chi connectivity index (χ3v) is 7.69. The number of aryl methyl sites for hydroxylation is 1. The van der Waals surface area contributed by atoms with E-state index >= 15 is 0 Å². The molecule has 2 fully saturated rings. The van der Waals surface area contributed by atoms with Crippen molar-refractivity contribution in [3.63, 3.8) is 0 Å². The van der Waals surface area contributed by atoms with Gasteiger partial charge in [-0.15, -0.1) is 0 Å². The first kappa shape index (κ1) is 22.6. The first-order chi connectivity index (χ1) is 16.5. The molecule has 0 radical (unpaired) electrons. The molecule has 0 atom stereocenters. The maximum Gasteiger partial charge on any atom is 0.263 e. The van der Waals surface area contributed by atoms with Crippen molar-refractivity contribution in [1.29, 1.82) is 0 Å². The maximum atomic E-state index is 13.5. The van der Waals surface area contributed by atoms with Crippen LogP contribution in [-0.4, -0.2) is 59.7 Å². The molecule has 0 N–H and O–H groups in total. The van der Waals surface area contributed by atoms with Crippen molar-refractivity contribution in [3.05, 3.63) is 64.7 Å². The van der Waals surface area contributed by atoms with E-state index in [0.29, 0.717) is 43.7 Å². The Labute approximate surface area is 201 Å². The van der Waals surface area contributed by atoms with Crippen LogP contribution in [0.3, 0.4) is 0 Å². The zero-order valence-electron chi connectivity index (χ0n) is 20.0. The third kappa shape index (κ3) is 4.22. The molecule has 0 unspecified atom stereocenters. The number of piperazine rings is 1. The Balaban J connectivity index is 1.29. The number of carbonyl (C=O) groups excluding carboxylic acids is 3. The van der Waals surface area contributed by atoms with Crippen LogP contribution in [-0.2, 0) is 11.2 Å². The molecular weight excluding hydrogens is 426 g/mol. The van der Waals surface area contributed by atoms with Crippen LogP contribution in [0.2, 0.25) is 0 Å². The molecule has 0 spiro atoms. The highest BCUT2D eigenvalue weighted by Gasteiger charge is 2.42. The summed E-state index contributed by atoms with van der Waals surface area (Å²) in [6.45, 7) is 4.57. The summed E-state index contributed by atoms with van der Waals surface area (Å²) in [7, 11) is 0. The highest BCUT2D eigenvalue weighted by Crippen LogP contribution is 2.36. The monoisotopic (exact) mass is 459 g/mol. The molecule has 2 heterocycles. The largest absolute Gasteiger partial charge is 0.367 e. The minimum absolute atomic E-state index is 0.0127. The minimum atomic E-state index is -0.138. The fraction of sp³-hybridized carbons (Fsp3) is 0.464. The molecule has 6 nitrogen and oxygen atoms in total. The lowest BCUT2D eigenvalue weighted by Gasteiger charge is -2.37. The summed E-state index contributed by atoms with van der Waals surface area (Å²) in [5, 5.41) is 0. The predicted octanol–water partition coefficient (Wildman–Crippen LogP) is 4.21. The minimum Gasteiger partial charge on any atom is -0.367 e. The van der Waals surface area contributed by atoms with Crippen LogP contribution in [0.5, 0.6) is 0 Å². The summed E-state index contributed by atoms with van der Waals surface area (Å²) < 4.78 is 0. The van der Waals surface area contributed by atoms with Gasteiger partial charge in [0, 0.05) is 32.2 Å². The van der Waals surface area contributed by atoms with Crippen LogP contribution in [0.25, 0.3) is 0 Å². The number of anilines is 1. The Morgan fingerprint density at radius 3 is 2.26 bits per heavy atom. The standard InChI is InChI=1S/C28H33N3O3/c1-20-9-6-7-10-21(20)19-25(32)30-17-15-29(16-18-30)24-14-8-13-23-26(24)28(34)31(27(23)33)22-11-4-2-3-5-12-22/h6-10,13-14,22H,2-5,11-12,15-19H2,1H3. The molecule has 2 aromatic rings. The maximum absolute atomic E-state index is 13.5. The molecule has 2 aliphatic heterocycles. The molecule has 3 aliphatic rings. The molecular formula is C28H33N3O3. The lowest BCUT2D eigenvalue weighted by atomic mass is 10.0. The van der Waals surface area contributed by atoms with E-state index in [1.807, 2.05) is 48.2 Å². The molecule has 1 saturated heterocycles. The van der Waals surface area contributed by atoms with E-state index in [-0.39, 0.29) is 23.8 Å². The van der Waals surface area contributed by atoms with Crippen LogP contribution in [0.4, 0.5) is 5.69 Å². The van der Waals surface area contributed by atoms with Gasteiger partial charge in [0.25, 0.3) is 11.8 Å². The van der Waals surface area contributed by atoms with Gasteiger partial charge in [0.15, 0.2) is 0 Å². The first-order valence-electron chi connectivity index (χ1n) is 12.6. The van der Waals surface area contributed by atoms with Crippen molar-refractivity contribution in [2.75, 3.05) is 31.1 Å². The Kier molecular flexibility index (Phi) is 6.40. The Hall–Kier alpha value is -3.15. The highest BCUT2D eigenvalue weighted by molar-refractivity contribution is 6.24. The van der Waals surface area contributed by atoms with E-state index < -0.39 is 0 Å². The van der Waals surface area contributed by atoms with Crippen LogP contribution in [0, 0.1) is 6.92 Å². The molecule has 34 heavy (non-hydrogen) atoms. The summed E-state index contributed by atoms with van der Waals surface area (Å²) in [5.41, 5.74) is 4.12. The number of hydrogen-bond donors (Lipinski definition) is 0. The SMILES string of the molecule is Cc1ccccc1CC(=O)N1CCN(c2cccc3c2C(=O)N(C2CCCCCC2)C3=O)CC1. The van der Waals surface area contributed by atoms with Crippen LogP contribution in [0.1, 0.15) is 70.4 Å². The van der Waals surface area contributed by atoms with Gasteiger partial charge in [-0.3, -0.25) is 19.3 Å². The number of hydrogen-bond acceptors (Lipinski definition) is 4. The lowest BCUT2D eigenvalue weighted by Crippen LogP contribution is -2.49. The molecule has 0 aromatic heterocycles. The molecule has 2 aromatic carbocycles. The normalized spacial score (nSPS) is 19.4. The molecule has 5 rings (SSSR count). The van der Waals surface area contributed by atoms with E-state index in [1.54, 1.807) is 11.0 Å². The molecule has 1 aliphatic carbocycles. The lowest BCUT2D eigenvalue weighted by molar-refractivity contribution is -0.130. The van der Waals surface area contributed by atoms with Gasteiger partial charge in [0.2, 0.25) is 5.91 Å². The third-order valence-electron chi connectivity index (χ3n) is 7.69. The highest BCUT2D eigenvalue weighted by atomic mass is 16.2.